The molecule has 1 aromatic heterocycles. The monoisotopic (exact) mass is 538 g/mol. The van der Waals surface area contributed by atoms with Crippen molar-refractivity contribution in [3.8, 4) is 28.1 Å². The summed E-state index contributed by atoms with van der Waals surface area (Å²) in [6, 6.07) is 9.52. The average molecular weight is 539 g/mol. The number of hydrogen-bond acceptors (Lipinski definition) is 6. The number of anilines is 1. The SMILES string of the molecule is COc1ccnc2c1CN(S(C)(=O)=O)c1c(C)c([C@H](OC(C)(C)C)C(=O)O)c(-c3ccc(C)cc3)c(C)c1-2. The van der Waals surface area contributed by atoms with Gasteiger partial charge in [0.15, 0.2) is 6.10 Å². The minimum Gasteiger partial charge on any atom is -0.496 e. The lowest BCUT2D eigenvalue weighted by atomic mass is 9.81. The number of aliphatic carboxylic acids is 1. The van der Waals surface area contributed by atoms with Gasteiger partial charge in [-0.25, -0.2) is 13.2 Å². The van der Waals surface area contributed by atoms with Crippen LogP contribution < -0.4 is 9.04 Å². The highest BCUT2D eigenvalue weighted by Crippen LogP contribution is 2.52. The van der Waals surface area contributed by atoms with Crippen LogP contribution in [0.3, 0.4) is 0 Å². The van der Waals surface area contributed by atoms with E-state index in [0.717, 1.165) is 17.4 Å². The summed E-state index contributed by atoms with van der Waals surface area (Å²) in [5, 5.41) is 10.4. The molecular formula is C29H34N2O6S. The molecule has 1 atom stereocenters. The lowest BCUT2D eigenvalue weighted by Gasteiger charge is -2.37. The van der Waals surface area contributed by atoms with E-state index < -0.39 is 27.7 Å². The minimum atomic E-state index is -3.77. The molecule has 2 aromatic carbocycles. The summed E-state index contributed by atoms with van der Waals surface area (Å²) in [4.78, 5) is 17.4. The van der Waals surface area contributed by atoms with Crippen molar-refractivity contribution in [2.24, 2.45) is 0 Å². The number of carboxylic acids is 1. The first kappa shape index (κ1) is 27.6. The van der Waals surface area contributed by atoms with E-state index in [2.05, 4.69) is 4.98 Å². The summed E-state index contributed by atoms with van der Waals surface area (Å²) >= 11 is 0. The predicted molar refractivity (Wildman–Crippen MR) is 148 cm³/mol. The largest absolute Gasteiger partial charge is 0.496 e. The maximum atomic E-state index is 13.2. The van der Waals surface area contributed by atoms with Crippen LogP contribution in [-0.2, 0) is 26.1 Å². The molecule has 38 heavy (non-hydrogen) atoms. The molecule has 0 saturated heterocycles. The zero-order valence-corrected chi connectivity index (χ0v) is 23.9. The second-order valence-corrected chi connectivity index (χ2v) is 12.6. The second kappa shape index (κ2) is 9.71. The molecule has 0 amide bonds. The molecule has 0 bridgehead atoms. The van der Waals surface area contributed by atoms with Crippen molar-refractivity contribution in [1.82, 2.24) is 4.98 Å². The van der Waals surface area contributed by atoms with Crippen LogP contribution in [0.5, 0.6) is 5.75 Å². The fraction of sp³-hybridized carbons (Fsp3) is 0.379. The first-order valence-electron chi connectivity index (χ1n) is 12.3. The summed E-state index contributed by atoms with van der Waals surface area (Å²) in [6.07, 6.45) is 1.44. The number of sulfonamides is 1. The normalized spacial score (nSPS) is 14.1. The molecule has 1 aliphatic rings. The third kappa shape index (κ3) is 4.88. The van der Waals surface area contributed by atoms with Crippen LogP contribution in [0.4, 0.5) is 5.69 Å². The van der Waals surface area contributed by atoms with Crippen molar-refractivity contribution in [1.29, 1.82) is 0 Å². The third-order valence-corrected chi connectivity index (χ3v) is 7.85. The molecule has 1 N–H and O–H groups in total. The second-order valence-electron chi connectivity index (χ2n) is 10.7. The molecule has 0 aliphatic carbocycles. The van der Waals surface area contributed by atoms with Crippen LogP contribution in [-0.4, -0.2) is 43.4 Å². The van der Waals surface area contributed by atoms with E-state index in [-0.39, 0.29) is 6.54 Å². The van der Waals surface area contributed by atoms with E-state index in [0.29, 0.717) is 50.5 Å². The number of nitrogens with zero attached hydrogens (tertiary/aromatic N) is 2. The number of fused-ring (bicyclic) bond motifs is 3. The van der Waals surface area contributed by atoms with E-state index in [1.54, 1.807) is 40.0 Å². The van der Waals surface area contributed by atoms with Gasteiger partial charge in [-0.05, 0) is 69.9 Å². The van der Waals surface area contributed by atoms with Crippen molar-refractivity contribution in [2.45, 2.75) is 59.8 Å². The summed E-state index contributed by atoms with van der Waals surface area (Å²) in [5.74, 6) is -0.621. The molecule has 9 heteroatoms. The van der Waals surface area contributed by atoms with Gasteiger partial charge >= 0.3 is 5.97 Å². The highest BCUT2D eigenvalue weighted by Gasteiger charge is 2.39. The molecule has 0 radical (unpaired) electrons. The molecule has 0 fully saturated rings. The number of methoxy groups -OCH3 is 1. The number of aryl methyl sites for hydroxylation is 1. The van der Waals surface area contributed by atoms with Crippen LogP contribution >= 0.6 is 0 Å². The topological polar surface area (TPSA) is 106 Å². The Balaban J connectivity index is 2.22. The van der Waals surface area contributed by atoms with Crippen LogP contribution in [0.2, 0.25) is 0 Å². The first-order chi connectivity index (χ1) is 17.7. The quantitative estimate of drug-likeness (QED) is 0.437. The van der Waals surface area contributed by atoms with Gasteiger partial charge in [-0.2, -0.15) is 0 Å². The Morgan fingerprint density at radius 2 is 1.68 bits per heavy atom. The van der Waals surface area contributed by atoms with E-state index >= 15 is 0 Å². The van der Waals surface area contributed by atoms with Crippen LogP contribution in [0.25, 0.3) is 22.4 Å². The van der Waals surface area contributed by atoms with E-state index in [4.69, 9.17) is 9.47 Å². The number of aromatic nitrogens is 1. The molecule has 0 unspecified atom stereocenters. The first-order valence-corrected chi connectivity index (χ1v) is 14.1. The molecule has 0 saturated carbocycles. The Labute approximate surface area is 224 Å². The summed E-state index contributed by atoms with van der Waals surface area (Å²) in [5.41, 5.74) is 5.73. The van der Waals surface area contributed by atoms with Gasteiger partial charge in [0.05, 0.1) is 36.9 Å². The third-order valence-electron chi connectivity index (χ3n) is 6.73. The van der Waals surface area contributed by atoms with Crippen molar-refractivity contribution >= 4 is 21.7 Å². The van der Waals surface area contributed by atoms with Gasteiger partial charge in [-0.15, -0.1) is 0 Å². The van der Waals surface area contributed by atoms with E-state index in [9.17, 15) is 18.3 Å². The zero-order chi connectivity index (χ0) is 28.2. The van der Waals surface area contributed by atoms with E-state index in [1.807, 2.05) is 38.1 Å². The Morgan fingerprint density at radius 1 is 1.05 bits per heavy atom. The van der Waals surface area contributed by atoms with E-state index in [1.165, 1.54) is 11.4 Å². The Kier molecular flexibility index (Phi) is 7.05. The number of benzene rings is 2. The molecule has 4 rings (SSSR count). The minimum absolute atomic E-state index is 0.0135. The number of rotatable bonds is 6. The molecule has 202 valence electrons. The van der Waals surface area contributed by atoms with Crippen molar-refractivity contribution in [2.75, 3.05) is 17.7 Å². The van der Waals surface area contributed by atoms with Crippen molar-refractivity contribution in [3.63, 3.8) is 0 Å². The fourth-order valence-electron chi connectivity index (χ4n) is 5.15. The molecule has 0 spiro atoms. The highest BCUT2D eigenvalue weighted by molar-refractivity contribution is 7.92. The Morgan fingerprint density at radius 3 is 2.21 bits per heavy atom. The molecule has 3 aromatic rings. The Bertz CT molecular complexity index is 1520. The van der Waals surface area contributed by atoms with Crippen LogP contribution in [0, 0.1) is 20.8 Å². The number of pyridine rings is 1. The van der Waals surface area contributed by atoms with Gasteiger partial charge in [0.25, 0.3) is 0 Å². The van der Waals surface area contributed by atoms with Crippen LogP contribution in [0.15, 0.2) is 36.5 Å². The smallest absolute Gasteiger partial charge is 0.337 e. The molecule has 8 nitrogen and oxygen atoms in total. The fourth-order valence-corrected chi connectivity index (χ4v) is 6.08. The van der Waals surface area contributed by atoms with Gasteiger partial charge in [0.1, 0.15) is 5.75 Å². The van der Waals surface area contributed by atoms with Crippen LogP contribution in [0.1, 0.15) is 54.7 Å². The maximum absolute atomic E-state index is 13.2. The molecule has 2 heterocycles. The number of ether oxygens (including phenoxy) is 2. The molecular weight excluding hydrogens is 504 g/mol. The maximum Gasteiger partial charge on any atom is 0.337 e. The number of carbonyl (C=O) groups is 1. The summed E-state index contributed by atoms with van der Waals surface area (Å²) < 4.78 is 39.4. The summed E-state index contributed by atoms with van der Waals surface area (Å²) in [6.45, 7) is 11.0. The van der Waals surface area contributed by atoms with Gasteiger partial charge in [-0.3, -0.25) is 9.29 Å². The predicted octanol–water partition coefficient (Wildman–Crippen LogP) is 5.57. The zero-order valence-electron chi connectivity index (χ0n) is 23.0. The van der Waals surface area contributed by atoms with Gasteiger partial charge < -0.3 is 14.6 Å². The lowest BCUT2D eigenvalue weighted by molar-refractivity contribution is -0.160. The van der Waals surface area contributed by atoms with Gasteiger partial charge in [0.2, 0.25) is 10.0 Å². The molecule has 1 aliphatic heterocycles. The standard InChI is InChI=1S/C29H34N2O6S/c1-16-9-11-19(12-10-16)22-17(2)24-25-20(21(36-7)13-14-30-25)15-31(38(8,34)35)26(24)18(3)23(22)27(28(32)33)37-29(4,5)6/h9-14,27H,15H2,1-8H3,(H,32,33)/t27-/m0/s1. The Hall–Kier alpha value is -3.43. The van der Waals surface area contributed by atoms with Crippen molar-refractivity contribution in [3.05, 3.63) is 64.3 Å². The highest BCUT2D eigenvalue weighted by atomic mass is 32.2. The number of hydrogen-bond donors (Lipinski definition) is 1. The average Bonchev–Trinajstić information content (AvgIpc) is 2.82. The summed E-state index contributed by atoms with van der Waals surface area (Å²) in [7, 11) is -2.23. The van der Waals surface area contributed by atoms with Gasteiger partial charge in [-0.1, -0.05) is 29.8 Å². The lowest BCUT2D eigenvalue weighted by Crippen LogP contribution is -2.35. The van der Waals surface area contributed by atoms with Crippen molar-refractivity contribution < 1.29 is 27.8 Å². The number of carboxylic acid groups (broad SMARTS) is 1. The van der Waals surface area contributed by atoms with Gasteiger partial charge in [0, 0.05) is 22.9 Å².